The van der Waals surface area contributed by atoms with Gasteiger partial charge in [0.2, 0.25) is 0 Å². The van der Waals surface area contributed by atoms with Crippen molar-refractivity contribution in [1.82, 2.24) is 5.32 Å². The van der Waals surface area contributed by atoms with Crippen LogP contribution in [0.3, 0.4) is 0 Å². The van der Waals surface area contributed by atoms with Crippen molar-refractivity contribution in [2.45, 2.75) is 19.4 Å². The zero-order valence-corrected chi connectivity index (χ0v) is 18.2. The standard InChI is InChI=1S/C23H19Cl2F2NO3/c1-12(23(30)28-2)31-15-10-18(24)17(19(25)11-15)8-13-3-6-22(29)16(7-13)14-4-5-20(26)21(27)9-14/h3-7,9-12,29H,8H2,1-2H3,(H,28,30)/t12-/m0/s1. The first-order valence-corrected chi connectivity index (χ1v) is 10.1. The van der Waals surface area contributed by atoms with Crippen molar-refractivity contribution < 1.29 is 23.4 Å². The number of likely N-dealkylation sites (N-methyl/N-ethyl adjacent to an activating group) is 1. The zero-order valence-electron chi connectivity index (χ0n) is 16.7. The lowest BCUT2D eigenvalue weighted by atomic mass is 9.98. The van der Waals surface area contributed by atoms with Crippen LogP contribution in [0.2, 0.25) is 10.0 Å². The molecule has 0 saturated heterocycles. The van der Waals surface area contributed by atoms with Crippen LogP contribution in [0.15, 0.2) is 48.5 Å². The topological polar surface area (TPSA) is 58.6 Å². The molecule has 0 bridgehead atoms. The summed E-state index contributed by atoms with van der Waals surface area (Å²) in [7, 11) is 1.51. The lowest BCUT2D eigenvalue weighted by Crippen LogP contribution is -2.33. The van der Waals surface area contributed by atoms with E-state index in [0.717, 1.165) is 17.7 Å². The maximum Gasteiger partial charge on any atom is 0.260 e. The number of rotatable bonds is 6. The third-order valence-electron chi connectivity index (χ3n) is 4.72. The van der Waals surface area contributed by atoms with Gasteiger partial charge in [0.25, 0.3) is 5.91 Å². The highest BCUT2D eigenvalue weighted by molar-refractivity contribution is 6.36. The fourth-order valence-corrected chi connectivity index (χ4v) is 3.67. The van der Waals surface area contributed by atoms with E-state index in [-0.39, 0.29) is 11.7 Å². The largest absolute Gasteiger partial charge is 0.507 e. The predicted molar refractivity (Wildman–Crippen MR) is 117 cm³/mol. The maximum absolute atomic E-state index is 13.6. The lowest BCUT2D eigenvalue weighted by Gasteiger charge is -2.16. The number of hydrogen-bond acceptors (Lipinski definition) is 3. The Morgan fingerprint density at radius 2 is 1.74 bits per heavy atom. The van der Waals surface area contributed by atoms with Crippen LogP contribution in [0.1, 0.15) is 18.1 Å². The van der Waals surface area contributed by atoms with E-state index in [2.05, 4.69) is 5.32 Å². The highest BCUT2D eigenvalue weighted by Gasteiger charge is 2.16. The molecular formula is C23H19Cl2F2NO3. The van der Waals surface area contributed by atoms with Gasteiger partial charge in [0.05, 0.1) is 0 Å². The molecule has 3 aromatic rings. The van der Waals surface area contributed by atoms with E-state index in [9.17, 15) is 18.7 Å². The fourth-order valence-electron chi connectivity index (χ4n) is 3.07. The Hall–Kier alpha value is -2.83. The molecule has 0 heterocycles. The van der Waals surface area contributed by atoms with Gasteiger partial charge in [-0.2, -0.15) is 0 Å². The number of benzene rings is 3. The van der Waals surface area contributed by atoms with Gasteiger partial charge >= 0.3 is 0 Å². The first kappa shape index (κ1) is 22.8. The molecule has 0 aliphatic heterocycles. The van der Waals surface area contributed by atoms with Crippen LogP contribution < -0.4 is 10.1 Å². The maximum atomic E-state index is 13.6. The van der Waals surface area contributed by atoms with Crippen LogP contribution in [-0.2, 0) is 11.2 Å². The fraction of sp³-hybridized carbons (Fsp3) is 0.174. The number of nitrogens with one attached hydrogen (secondary N) is 1. The van der Waals surface area contributed by atoms with E-state index in [1.165, 1.54) is 19.2 Å². The first-order valence-electron chi connectivity index (χ1n) is 9.33. The van der Waals surface area contributed by atoms with Gasteiger partial charge in [0.15, 0.2) is 17.7 Å². The molecule has 31 heavy (non-hydrogen) atoms. The Morgan fingerprint density at radius 1 is 1.06 bits per heavy atom. The van der Waals surface area contributed by atoms with Crippen molar-refractivity contribution >= 4 is 29.1 Å². The minimum atomic E-state index is -1.00. The Bertz CT molecular complexity index is 1110. The molecule has 3 aromatic carbocycles. The van der Waals surface area contributed by atoms with Crippen molar-refractivity contribution in [3.05, 3.63) is 81.3 Å². The highest BCUT2D eigenvalue weighted by Crippen LogP contribution is 2.35. The van der Waals surface area contributed by atoms with Gasteiger partial charge in [-0.1, -0.05) is 35.3 Å². The number of amides is 1. The summed E-state index contributed by atoms with van der Waals surface area (Å²) in [6, 6.07) is 11.4. The van der Waals surface area contributed by atoms with E-state index in [0.29, 0.717) is 38.9 Å². The molecule has 0 aliphatic rings. The average Bonchev–Trinajstić information content (AvgIpc) is 2.73. The molecule has 0 saturated carbocycles. The van der Waals surface area contributed by atoms with Gasteiger partial charge in [0, 0.05) is 29.1 Å². The third kappa shape index (κ3) is 5.27. The van der Waals surface area contributed by atoms with Gasteiger partial charge in [-0.3, -0.25) is 4.79 Å². The Morgan fingerprint density at radius 3 is 2.35 bits per heavy atom. The summed E-state index contributed by atoms with van der Waals surface area (Å²) in [6.45, 7) is 1.60. The summed E-state index contributed by atoms with van der Waals surface area (Å²) in [5.74, 6) is -1.98. The van der Waals surface area contributed by atoms with Gasteiger partial charge in [0.1, 0.15) is 11.5 Å². The van der Waals surface area contributed by atoms with Crippen LogP contribution in [0.4, 0.5) is 8.78 Å². The highest BCUT2D eigenvalue weighted by atomic mass is 35.5. The van der Waals surface area contributed by atoms with Crippen LogP contribution in [-0.4, -0.2) is 24.2 Å². The monoisotopic (exact) mass is 465 g/mol. The molecule has 8 heteroatoms. The molecule has 0 unspecified atom stereocenters. The molecule has 0 spiro atoms. The number of ether oxygens (including phenoxy) is 1. The summed E-state index contributed by atoms with van der Waals surface area (Å²) in [5.41, 5.74) is 2.05. The Balaban J connectivity index is 1.89. The summed E-state index contributed by atoms with van der Waals surface area (Å²) >= 11 is 12.8. The van der Waals surface area contributed by atoms with Crippen LogP contribution in [0.25, 0.3) is 11.1 Å². The van der Waals surface area contributed by atoms with Gasteiger partial charge in [-0.15, -0.1) is 0 Å². The van der Waals surface area contributed by atoms with E-state index < -0.39 is 17.7 Å². The Labute approximate surface area is 188 Å². The number of carbonyl (C=O) groups excluding carboxylic acids is 1. The molecule has 3 rings (SSSR count). The second-order valence-corrected chi connectivity index (χ2v) is 7.71. The normalized spacial score (nSPS) is 11.8. The van der Waals surface area contributed by atoms with Crippen molar-refractivity contribution in [2.24, 2.45) is 0 Å². The number of halogens is 4. The SMILES string of the molecule is CNC(=O)[C@H](C)Oc1cc(Cl)c(Cc2ccc(O)c(-c3ccc(F)c(F)c3)c2)c(Cl)c1. The smallest absolute Gasteiger partial charge is 0.260 e. The van der Waals surface area contributed by atoms with E-state index >= 15 is 0 Å². The first-order chi connectivity index (χ1) is 14.7. The molecule has 0 radical (unpaired) electrons. The van der Waals surface area contributed by atoms with Crippen LogP contribution in [0.5, 0.6) is 11.5 Å². The molecule has 1 amide bonds. The van der Waals surface area contributed by atoms with Crippen LogP contribution in [0, 0.1) is 11.6 Å². The number of carbonyl (C=O) groups is 1. The number of hydrogen-bond donors (Lipinski definition) is 2. The molecular weight excluding hydrogens is 447 g/mol. The minimum absolute atomic E-state index is 0.0705. The molecule has 2 N–H and O–H groups in total. The number of aromatic hydroxyl groups is 1. The van der Waals surface area contributed by atoms with Gasteiger partial charge in [-0.05, 0) is 60.0 Å². The molecule has 162 valence electrons. The minimum Gasteiger partial charge on any atom is -0.507 e. The number of phenolic OH excluding ortho intramolecular Hbond substituents is 1. The number of phenols is 1. The average molecular weight is 466 g/mol. The van der Waals surface area contributed by atoms with E-state index in [1.807, 2.05) is 0 Å². The molecule has 0 aliphatic carbocycles. The quantitative estimate of drug-likeness (QED) is 0.487. The predicted octanol–water partition coefficient (Wildman–Crippen LogP) is 5.75. The second-order valence-electron chi connectivity index (χ2n) is 6.90. The van der Waals surface area contributed by atoms with Crippen molar-refractivity contribution in [3.63, 3.8) is 0 Å². The molecule has 1 atom stereocenters. The van der Waals surface area contributed by atoms with E-state index in [1.54, 1.807) is 31.2 Å². The van der Waals surface area contributed by atoms with E-state index in [4.69, 9.17) is 27.9 Å². The Kier molecular flexibility index (Phi) is 7.03. The molecule has 0 aromatic heterocycles. The second kappa shape index (κ2) is 9.54. The zero-order chi connectivity index (χ0) is 22.7. The van der Waals surface area contributed by atoms with Crippen molar-refractivity contribution in [2.75, 3.05) is 7.05 Å². The summed E-state index contributed by atoms with van der Waals surface area (Å²) in [6.07, 6.45) is -0.404. The third-order valence-corrected chi connectivity index (χ3v) is 5.39. The van der Waals surface area contributed by atoms with Gasteiger partial charge in [-0.25, -0.2) is 8.78 Å². The summed E-state index contributed by atoms with van der Waals surface area (Å²) in [5, 5.41) is 13.4. The lowest BCUT2D eigenvalue weighted by molar-refractivity contribution is -0.126. The van der Waals surface area contributed by atoms with Crippen LogP contribution >= 0.6 is 23.2 Å². The molecule has 0 fully saturated rings. The summed E-state index contributed by atoms with van der Waals surface area (Å²) < 4.78 is 32.4. The van der Waals surface area contributed by atoms with Crippen molar-refractivity contribution in [3.8, 4) is 22.6 Å². The summed E-state index contributed by atoms with van der Waals surface area (Å²) in [4.78, 5) is 11.6. The van der Waals surface area contributed by atoms with Gasteiger partial charge < -0.3 is 15.2 Å². The van der Waals surface area contributed by atoms with Crippen molar-refractivity contribution in [1.29, 1.82) is 0 Å². The molecule has 4 nitrogen and oxygen atoms in total.